The Kier molecular flexibility index (Phi) is 5.60. The van der Waals surface area contributed by atoms with Crippen LogP contribution in [0.4, 0.5) is 10.2 Å². The molecule has 0 bridgehead atoms. The number of nitrogens with two attached hydrogens (primary N) is 1. The zero-order chi connectivity index (χ0) is 20.4. The second-order valence-electron chi connectivity index (χ2n) is 6.26. The molecule has 1 aliphatic carbocycles. The van der Waals surface area contributed by atoms with E-state index in [1.54, 1.807) is 19.9 Å². The van der Waals surface area contributed by atoms with Gasteiger partial charge in [-0.05, 0) is 44.0 Å². The first kappa shape index (κ1) is 19.8. The minimum absolute atomic E-state index is 0.0231. The number of ether oxygens (including phenoxy) is 1. The summed E-state index contributed by atoms with van der Waals surface area (Å²) in [5.74, 6) is -1.13. The van der Waals surface area contributed by atoms with E-state index in [0.717, 1.165) is 11.3 Å². The highest BCUT2D eigenvalue weighted by molar-refractivity contribution is 7.16. The Morgan fingerprint density at radius 3 is 2.68 bits per heavy atom. The highest BCUT2D eigenvalue weighted by Crippen LogP contribution is 2.29. The van der Waals surface area contributed by atoms with Gasteiger partial charge in [0.15, 0.2) is 5.78 Å². The first-order valence-electron chi connectivity index (χ1n) is 8.72. The minimum Gasteiger partial charge on any atom is -0.462 e. The number of anilines is 1. The molecule has 146 valence electrons. The molecular weight excluding hydrogens is 383 g/mol. The largest absolute Gasteiger partial charge is 0.462 e. The number of halogens is 1. The van der Waals surface area contributed by atoms with Gasteiger partial charge in [0.05, 0.1) is 12.2 Å². The highest BCUT2D eigenvalue weighted by atomic mass is 32.1. The number of esters is 1. The molecule has 0 aliphatic heterocycles. The molecule has 2 N–H and O–H groups in total. The number of hydrogen-bond acceptors (Lipinski definition) is 6. The van der Waals surface area contributed by atoms with Gasteiger partial charge in [0.25, 0.3) is 5.56 Å². The molecule has 0 atom stereocenters. The molecule has 2 aromatic heterocycles. The monoisotopic (exact) mass is 402 g/mol. The van der Waals surface area contributed by atoms with Crippen molar-refractivity contribution in [3.63, 3.8) is 0 Å². The highest BCUT2D eigenvalue weighted by Gasteiger charge is 2.22. The van der Waals surface area contributed by atoms with Gasteiger partial charge >= 0.3 is 5.97 Å². The van der Waals surface area contributed by atoms with E-state index in [2.05, 4.69) is 0 Å². The summed E-state index contributed by atoms with van der Waals surface area (Å²) in [5, 5.41) is 0.418. The molecule has 0 spiro atoms. The van der Waals surface area contributed by atoms with Crippen LogP contribution in [0.2, 0.25) is 0 Å². The number of allylic oxidation sites excluding steroid dienone is 4. The first-order valence-corrected chi connectivity index (χ1v) is 9.54. The lowest BCUT2D eigenvalue weighted by atomic mass is 9.96. The van der Waals surface area contributed by atoms with E-state index in [1.165, 1.54) is 28.9 Å². The molecule has 0 saturated heterocycles. The summed E-state index contributed by atoms with van der Waals surface area (Å²) in [6.45, 7) is 3.68. The number of ketones is 1. The van der Waals surface area contributed by atoms with Crippen molar-refractivity contribution in [1.29, 1.82) is 0 Å². The maximum Gasteiger partial charge on any atom is 0.348 e. The number of carbonyl (C=O) groups is 2. The lowest BCUT2D eigenvalue weighted by Crippen LogP contribution is -2.23. The van der Waals surface area contributed by atoms with Crippen molar-refractivity contribution in [2.45, 2.75) is 26.7 Å². The molecule has 28 heavy (non-hydrogen) atoms. The number of hydrogen-bond donors (Lipinski definition) is 1. The Bertz CT molecular complexity index is 1080. The van der Waals surface area contributed by atoms with Gasteiger partial charge in [0.2, 0.25) is 0 Å². The standard InChI is InChI=1S/C20H19FN2O4S/c1-3-27-20(26)18-11(2)10-16(28-18)23-15(24)9-8-14(19(23)22)17(25)12-4-6-13(21)7-5-12/h4,6,8-10H,3,5,7,22H2,1-2H3. The van der Waals surface area contributed by atoms with Crippen LogP contribution in [0.25, 0.3) is 5.00 Å². The van der Waals surface area contributed by atoms with E-state index in [4.69, 9.17) is 10.5 Å². The van der Waals surface area contributed by atoms with Crippen molar-refractivity contribution < 1.29 is 18.7 Å². The van der Waals surface area contributed by atoms with Crippen molar-refractivity contribution in [2.24, 2.45) is 0 Å². The lowest BCUT2D eigenvalue weighted by molar-refractivity contribution is 0.0531. The third kappa shape index (κ3) is 3.68. The average molecular weight is 402 g/mol. The van der Waals surface area contributed by atoms with Gasteiger partial charge in [-0.1, -0.05) is 6.08 Å². The maximum atomic E-state index is 13.2. The van der Waals surface area contributed by atoms with Gasteiger partial charge in [-0.3, -0.25) is 14.2 Å². The average Bonchev–Trinajstić information content (AvgIpc) is 3.03. The SMILES string of the molecule is CCOC(=O)c1sc(-n2c(N)c(C(=O)C3=CC=C(F)CC3)ccc2=O)cc1C. The number of nitrogens with zero attached hydrogens (tertiary/aromatic N) is 1. The third-order valence-corrected chi connectivity index (χ3v) is 5.55. The van der Waals surface area contributed by atoms with Crippen LogP contribution in [0.1, 0.15) is 45.4 Å². The summed E-state index contributed by atoms with van der Waals surface area (Å²) in [6, 6.07) is 4.28. The number of aryl methyl sites for hydroxylation is 1. The van der Waals surface area contributed by atoms with Crippen LogP contribution in [0.3, 0.4) is 0 Å². The van der Waals surface area contributed by atoms with Gasteiger partial charge in [-0.15, -0.1) is 11.3 Å². The van der Waals surface area contributed by atoms with E-state index in [0.29, 0.717) is 21.0 Å². The van der Waals surface area contributed by atoms with Crippen LogP contribution in [0, 0.1) is 6.92 Å². The second-order valence-corrected chi connectivity index (χ2v) is 7.29. The van der Waals surface area contributed by atoms with E-state index >= 15 is 0 Å². The third-order valence-electron chi connectivity index (χ3n) is 4.35. The Labute approximate surface area is 164 Å². The topological polar surface area (TPSA) is 91.4 Å². The molecule has 0 saturated carbocycles. The van der Waals surface area contributed by atoms with Crippen molar-refractivity contribution in [2.75, 3.05) is 12.3 Å². The van der Waals surface area contributed by atoms with Gasteiger partial charge in [-0.2, -0.15) is 0 Å². The van der Waals surface area contributed by atoms with Crippen LogP contribution in [-0.2, 0) is 4.74 Å². The van der Waals surface area contributed by atoms with Crippen LogP contribution < -0.4 is 11.3 Å². The maximum absolute atomic E-state index is 13.2. The predicted molar refractivity (Wildman–Crippen MR) is 106 cm³/mol. The summed E-state index contributed by atoms with van der Waals surface area (Å²) < 4.78 is 19.4. The Morgan fingerprint density at radius 2 is 2.04 bits per heavy atom. The molecule has 0 aromatic carbocycles. The van der Waals surface area contributed by atoms with Gasteiger partial charge in [0.1, 0.15) is 21.5 Å². The molecule has 0 fully saturated rings. The van der Waals surface area contributed by atoms with Crippen molar-refractivity contribution in [1.82, 2.24) is 4.57 Å². The van der Waals surface area contributed by atoms with Crippen LogP contribution >= 0.6 is 11.3 Å². The molecule has 0 radical (unpaired) electrons. The van der Waals surface area contributed by atoms with Crippen molar-refractivity contribution in [3.05, 3.63) is 68.1 Å². The molecule has 1 aliphatic rings. The summed E-state index contributed by atoms with van der Waals surface area (Å²) in [7, 11) is 0. The summed E-state index contributed by atoms with van der Waals surface area (Å²) in [4.78, 5) is 37.7. The smallest absolute Gasteiger partial charge is 0.348 e. The molecule has 2 heterocycles. The Balaban J connectivity index is 2.06. The number of aromatic nitrogens is 1. The fourth-order valence-electron chi connectivity index (χ4n) is 2.92. The molecule has 0 unspecified atom stereocenters. The molecule has 6 nitrogen and oxygen atoms in total. The molecular formula is C20H19FN2O4S. The Hall–Kier alpha value is -3.00. The van der Waals surface area contributed by atoms with E-state index < -0.39 is 11.5 Å². The van der Waals surface area contributed by atoms with Crippen LogP contribution in [0.5, 0.6) is 0 Å². The van der Waals surface area contributed by atoms with Crippen molar-refractivity contribution in [3.8, 4) is 5.00 Å². The molecule has 2 aromatic rings. The van der Waals surface area contributed by atoms with Gasteiger partial charge in [-0.25, -0.2) is 9.18 Å². The van der Waals surface area contributed by atoms with Gasteiger partial charge in [0, 0.05) is 18.1 Å². The first-order chi connectivity index (χ1) is 13.3. The summed E-state index contributed by atoms with van der Waals surface area (Å²) in [5.41, 5.74) is 6.97. The molecule has 0 amide bonds. The fraction of sp³-hybridized carbons (Fsp3) is 0.250. The van der Waals surface area contributed by atoms with E-state index in [9.17, 15) is 18.8 Å². The zero-order valence-corrected chi connectivity index (χ0v) is 16.3. The number of thiophene rings is 1. The van der Waals surface area contributed by atoms with E-state index in [-0.39, 0.29) is 42.4 Å². The summed E-state index contributed by atoms with van der Waals surface area (Å²) in [6.07, 6.45) is 3.12. The number of rotatable bonds is 5. The lowest BCUT2D eigenvalue weighted by Gasteiger charge is -2.14. The zero-order valence-electron chi connectivity index (χ0n) is 15.5. The minimum atomic E-state index is -0.476. The fourth-order valence-corrected chi connectivity index (χ4v) is 4.01. The number of pyridine rings is 1. The number of nitrogen functional groups attached to an aromatic ring is 1. The van der Waals surface area contributed by atoms with E-state index in [1.807, 2.05) is 0 Å². The summed E-state index contributed by atoms with van der Waals surface area (Å²) >= 11 is 1.07. The second kappa shape index (κ2) is 7.93. The number of carbonyl (C=O) groups excluding carboxylic acids is 2. The number of Topliss-reactive ketones (excluding diaryl/α,β-unsaturated/α-hetero) is 1. The van der Waals surface area contributed by atoms with Crippen molar-refractivity contribution >= 4 is 28.9 Å². The predicted octanol–water partition coefficient (Wildman–Crippen LogP) is 3.72. The van der Waals surface area contributed by atoms with Crippen LogP contribution in [0.15, 0.2) is 46.5 Å². The Morgan fingerprint density at radius 1 is 1.29 bits per heavy atom. The quantitative estimate of drug-likeness (QED) is 0.608. The molecule has 8 heteroatoms. The molecule has 3 rings (SSSR count). The normalized spacial score (nSPS) is 13.7. The van der Waals surface area contributed by atoms with Gasteiger partial charge < -0.3 is 10.5 Å². The van der Waals surface area contributed by atoms with Crippen LogP contribution in [-0.4, -0.2) is 22.9 Å².